The van der Waals surface area contributed by atoms with E-state index in [9.17, 15) is 9.18 Å². The molecular formula is C16H20FNO3. The molecule has 114 valence electrons. The van der Waals surface area contributed by atoms with Gasteiger partial charge < -0.3 is 14.4 Å². The first-order valence-electron chi connectivity index (χ1n) is 7.44. The molecule has 2 aliphatic rings. The monoisotopic (exact) mass is 293 g/mol. The van der Waals surface area contributed by atoms with E-state index in [0.717, 1.165) is 18.4 Å². The molecule has 3 rings (SSSR count). The van der Waals surface area contributed by atoms with Crippen molar-refractivity contribution in [2.45, 2.75) is 26.1 Å². The SMILES string of the molecule is Cc1ccc(F)cc1C(=O)N1CCC(C2OCCO2)CC1. The molecule has 1 aromatic rings. The van der Waals surface area contributed by atoms with E-state index in [2.05, 4.69) is 0 Å². The Balaban J connectivity index is 1.63. The summed E-state index contributed by atoms with van der Waals surface area (Å²) < 4.78 is 24.4. The second-order valence-corrected chi connectivity index (χ2v) is 5.70. The summed E-state index contributed by atoms with van der Waals surface area (Å²) in [7, 11) is 0. The zero-order valence-electron chi connectivity index (χ0n) is 12.2. The smallest absolute Gasteiger partial charge is 0.254 e. The molecule has 0 atom stereocenters. The molecule has 1 aromatic carbocycles. The number of halogens is 1. The van der Waals surface area contributed by atoms with Gasteiger partial charge in [-0.3, -0.25) is 4.79 Å². The Morgan fingerprint density at radius 2 is 1.90 bits per heavy atom. The number of hydrogen-bond donors (Lipinski definition) is 0. The zero-order valence-corrected chi connectivity index (χ0v) is 12.2. The Hall–Kier alpha value is -1.46. The molecule has 0 radical (unpaired) electrons. The lowest BCUT2D eigenvalue weighted by atomic mass is 9.95. The Kier molecular flexibility index (Phi) is 4.22. The van der Waals surface area contributed by atoms with Crippen molar-refractivity contribution in [1.82, 2.24) is 4.90 Å². The third-order valence-electron chi connectivity index (χ3n) is 4.29. The molecule has 0 saturated carbocycles. The molecule has 0 bridgehead atoms. The van der Waals surface area contributed by atoms with Crippen molar-refractivity contribution >= 4 is 5.91 Å². The van der Waals surface area contributed by atoms with Crippen LogP contribution in [0.3, 0.4) is 0 Å². The number of ether oxygens (including phenoxy) is 2. The fraction of sp³-hybridized carbons (Fsp3) is 0.562. The Labute approximate surface area is 123 Å². The van der Waals surface area contributed by atoms with Gasteiger partial charge in [0.25, 0.3) is 5.91 Å². The molecule has 2 saturated heterocycles. The lowest BCUT2D eigenvalue weighted by Crippen LogP contribution is -2.41. The van der Waals surface area contributed by atoms with Crippen molar-refractivity contribution < 1.29 is 18.7 Å². The summed E-state index contributed by atoms with van der Waals surface area (Å²) in [6.07, 6.45) is 1.62. The second kappa shape index (κ2) is 6.12. The van der Waals surface area contributed by atoms with E-state index in [4.69, 9.17) is 9.47 Å². The maximum absolute atomic E-state index is 13.3. The standard InChI is InChI=1S/C16H20FNO3/c1-11-2-3-13(17)10-14(11)15(19)18-6-4-12(5-7-18)16-20-8-9-21-16/h2-3,10,12,16H,4-9H2,1H3. The molecule has 2 aliphatic heterocycles. The van der Waals surface area contributed by atoms with Crippen LogP contribution in [-0.2, 0) is 9.47 Å². The predicted molar refractivity (Wildman–Crippen MR) is 75.5 cm³/mol. The molecule has 21 heavy (non-hydrogen) atoms. The van der Waals surface area contributed by atoms with Gasteiger partial charge in [0, 0.05) is 24.6 Å². The van der Waals surface area contributed by atoms with Crippen LogP contribution in [0.2, 0.25) is 0 Å². The van der Waals surface area contributed by atoms with Gasteiger partial charge in [0.05, 0.1) is 13.2 Å². The quantitative estimate of drug-likeness (QED) is 0.840. The van der Waals surface area contributed by atoms with Crippen LogP contribution in [0, 0.1) is 18.7 Å². The number of carbonyl (C=O) groups excluding carboxylic acids is 1. The van der Waals surface area contributed by atoms with Gasteiger partial charge in [-0.15, -0.1) is 0 Å². The summed E-state index contributed by atoms with van der Waals surface area (Å²) in [5, 5.41) is 0. The van der Waals surface area contributed by atoms with Crippen LogP contribution in [0.5, 0.6) is 0 Å². The molecule has 0 unspecified atom stereocenters. The minimum Gasteiger partial charge on any atom is -0.350 e. The second-order valence-electron chi connectivity index (χ2n) is 5.70. The van der Waals surface area contributed by atoms with Gasteiger partial charge in [0.1, 0.15) is 5.82 Å². The molecule has 5 heteroatoms. The summed E-state index contributed by atoms with van der Waals surface area (Å²) >= 11 is 0. The van der Waals surface area contributed by atoms with Gasteiger partial charge in [0.2, 0.25) is 0 Å². The highest BCUT2D eigenvalue weighted by Crippen LogP contribution is 2.27. The molecule has 2 fully saturated rings. The van der Waals surface area contributed by atoms with Crippen LogP contribution in [0.4, 0.5) is 4.39 Å². The van der Waals surface area contributed by atoms with Gasteiger partial charge in [0.15, 0.2) is 6.29 Å². The first-order valence-corrected chi connectivity index (χ1v) is 7.44. The lowest BCUT2D eigenvalue weighted by Gasteiger charge is -2.34. The predicted octanol–water partition coefficient (Wildman–Crippen LogP) is 2.36. The fourth-order valence-electron chi connectivity index (χ4n) is 3.02. The fourth-order valence-corrected chi connectivity index (χ4v) is 3.02. The van der Waals surface area contributed by atoms with Gasteiger partial charge in [-0.1, -0.05) is 6.07 Å². The van der Waals surface area contributed by atoms with E-state index in [0.29, 0.717) is 37.8 Å². The summed E-state index contributed by atoms with van der Waals surface area (Å²) in [5.74, 6) is -0.101. The highest BCUT2D eigenvalue weighted by atomic mass is 19.1. The van der Waals surface area contributed by atoms with E-state index in [1.54, 1.807) is 11.0 Å². The number of nitrogens with zero attached hydrogens (tertiary/aromatic N) is 1. The minimum absolute atomic E-state index is 0.0845. The highest BCUT2D eigenvalue weighted by Gasteiger charge is 2.32. The number of likely N-dealkylation sites (tertiary alicyclic amines) is 1. The molecule has 0 N–H and O–H groups in total. The Morgan fingerprint density at radius 1 is 1.24 bits per heavy atom. The number of benzene rings is 1. The molecule has 0 aliphatic carbocycles. The van der Waals surface area contributed by atoms with Crippen molar-refractivity contribution in [2.24, 2.45) is 5.92 Å². The van der Waals surface area contributed by atoms with Crippen molar-refractivity contribution in [2.75, 3.05) is 26.3 Å². The van der Waals surface area contributed by atoms with Crippen molar-refractivity contribution in [1.29, 1.82) is 0 Å². The van der Waals surface area contributed by atoms with E-state index in [1.165, 1.54) is 12.1 Å². The highest BCUT2D eigenvalue weighted by molar-refractivity contribution is 5.95. The number of carbonyl (C=O) groups is 1. The van der Waals surface area contributed by atoms with Crippen LogP contribution in [0.1, 0.15) is 28.8 Å². The van der Waals surface area contributed by atoms with Crippen LogP contribution >= 0.6 is 0 Å². The molecule has 4 nitrogen and oxygen atoms in total. The third kappa shape index (κ3) is 3.09. The van der Waals surface area contributed by atoms with E-state index in [-0.39, 0.29) is 18.0 Å². The van der Waals surface area contributed by atoms with Crippen LogP contribution in [0.15, 0.2) is 18.2 Å². The van der Waals surface area contributed by atoms with Gasteiger partial charge in [-0.05, 0) is 37.5 Å². The Bertz CT molecular complexity index is 520. The number of hydrogen-bond acceptors (Lipinski definition) is 3. The first-order chi connectivity index (χ1) is 10.1. The van der Waals surface area contributed by atoms with Gasteiger partial charge >= 0.3 is 0 Å². The lowest BCUT2D eigenvalue weighted by molar-refractivity contribution is -0.0956. The topological polar surface area (TPSA) is 38.8 Å². The van der Waals surface area contributed by atoms with Crippen LogP contribution in [0.25, 0.3) is 0 Å². The molecular weight excluding hydrogens is 273 g/mol. The average molecular weight is 293 g/mol. The maximum Gasteiger partial charge on any atom is 0.254 e. The minimum atomic E-state index is -0.369. The molecule has 0 spiro atoms. The van der Waals surface area contributed by atoms with Crippen molar-refractivity contribution in [3.05, 3.63) is 35.1 Å². The van der Waals surface area contributed by atoms with E-state index in [1.807, 2.05) is 6.92 Å². The number of aryl methyl sites for hydroxylation is 1. The maximum atomic E-state index is 13.3. The summed E-state index contributed by atoms with van der Waals surface area (Å²) in [6.45, 7) is 4.49. The van der Waals surface area contributed by atoms with Crippen LogP contribution < -0.4 is 0 Å². The molecule has 1 amide bonds. The summed E-state index contributed by atoms with van der Waals surface area (Å²) in [5.41, 5.74) is 1.27. The van der Waals surface area contributed by atoms with Crippen molar-refractivity contribution in [3.8, 4) is 0 Å². The van der Waals surface area contributed by atoms with Crippen molar-refractivity contribution in [3.63, 3.8) is 0 Å². The normalized spacial score (nSPS) is 21.0. The number of amides is 1. The van der Waals surface area contributed by atoms with Gasteiger partial charge in [-0.25, -0.2) is 4.39 Å². The summed E-state index contributed by atoms with van der Waals surface area (Å²) in [6, 6.07) is 4.36. The van der Waals surface area contributed by atoms with E-state index >= 15 is 0 Å². The number of piperidine rings is 1. The first kappa shape index (κ1) is 14.5. The van der Waals surface area contributed by atoms with E-state index < -0.39 is 0 Å². The largest absolute Gasteiger partial charge is 0.350 e. The molecule has 0 aromatic heterocycles. The molecule has 2 heterocycles. The summed E-state index contributed by atoms with van der Waals surface area (Å²) in [4.78, 5) is 14.3. The third-order valence-corrected chi connectivity index (χ3v) is 4.29. The zero-order chi connectivity index (χ0) is 14.8. The van der Waals surface area contributed by atoms with Crippen LogP contribution in [-0.4, -0.2) is 43.4 Å². The Morgan fingerprint density at radius 3 is 2.57 bits per heavy atom. The average Bonchev–Trinajstić information content (AvgIpc) is 3.03. The number of rotatable bonds is 2. The van der Waals surface area contributed by atoms with Gasteiger partial charge in [-0.2, -0.15) is 0 Å².